The number of carbonyl (C=O) groups excluding carboxylic acids is 1. The zero-order chi connectivity index (χ0) is 7.56. The van der Waals surface area contributed by atoms with Gasteiger partial charge >= 0.3 is 0 Å². The summed E-state index contributed by atoms with van der Waals surface area (Å²) in [7, 11) is 0. The third-order valence-corrected chi connectivity index (χ3v) is 2.09. The molecule has 1 atom stereocenters. The van der Waals surface area contributed by atoms with Crippen LogP contribution in [0.3, 0.4) is 0 Å². The maximum atomic E-state index is 11.1. The van der Waals surface area contributed by atoms with Gasteiger partial charge in [0.25, 0.3) is 0 Å². The Morgan fingerprint density at radius 1 is 1.80 bits per heavy atom. The predicted octanol–water partition coefficient (Wildman–Crippen LogP) is -0.392. The van der Waals surface area contributed by atoms with E-state index in [2.05, 4.69) is 11.8 Å². The Morgan fingerprint density at radius 2 is 2.50 bits per heavy atom. The zero-order valence-corrected chi connectivity index (χ0v) is 6.34. The average molecular weight is 142 g/mol. The molecular formula is C7H14N2O. The minimum Gasteiger partial charge on any atom is -0.328 e. The molecule has 58 valence electrons. The zero-order valence-electron chi connectivity index (χ0n) is 6.34. The second-order valence-electron chi connectivity index (χ2n) is 2.60. The highest BCUT2D eigenvalue weighted by molar-refractivity contribution is 5.86. The number of rotatable bonds is 2. The molecule has 1 saturated heterocycles. The van der Waals surface area contributed by atoms with Gasteiger partial charge in [-0.1, -0.05) is 6.92 Å². The van der Waals surface area contributed by atoms with Crippen molar-refractivity contribution in [3.63, 3.8) is 0 Å². The number of hydrogen-bond acceptors (Lipinski definition) is 3. The molecule has 0 radical (unpaired) electrons. The van der Waals surface area contributed by atoms with E-state index in [-0.39, 0.29) is 6.04 Å². The van der Waals surface area contributed by atoms with Gasteiger partial charge in [-0.05, 0) is 6.54 Å². The van der Waals surface area contributed by atoms with Gasteiger partial charge in [-0.15, -0.1) is 0 Å². The fraction of sp³-hybridized carbons (Fsp3) is 0.857. The minimum atomic E-state index is 0.0185. The van der Waals surface area contributed by atoms with Crippen LogP contribution in [-0.4, -0.2) is 36.4 Å². The lowest BCUT2D eigenvalue weighted by Crippen LogP contribution is -2.38. The molecule has 1 heterocycles. The van der Waals surface area contributed by atoms with E-state index in [0.717, 1.165) is 13.1 Å². The highest BCUT2D eigenvalue weighted by Gasteiger charge is 2.29. The van der Waals surface area contributed by atoms with Crippen molar-refractivity contribution in [3.8, 4) is 0 Å². The van der Waals surface area contributed by atoms with Crippen LogP contribution in [0.25, 0.3) is 0 Å². The lowest BCUT2D eigenvalue weighted by Gasteiger charge is -2.18. The fourth-order valence-electron chi connectivity index (χ4n) is 1.44. The van der Waals surface area contributed by atoms with Gasteiger partial charge in [-0.2, -0.15) is 0 Å². The van der Waals surface area contributed by atoms with Crippen molar-refractivity contribution in [1.29, 1.82) is 0 Å². The molecule has 1 aliphatic rings. The summed E-state index contributed by atoms with van der Waals surface area (Å²) in [6, 6.07) is 0.0185. The number of carbonyl (C=O) groups is 1. The number of likely N-dealkylation sites (N-methyl/N-ethyl adjacent to an activating group) is 1. The van der Waals surface area contributed by atoms with Crippen molar-refractivity contribution in [2.75, 3.05) is 19.6 Å². The van der Waals surface area contributed by atoms with Crippen LogP contribution in [-0.2, 0) is 4.79 Å². The van der Waals surface area contributed by atoms with Gasteiger partial charge in [0, 0.05) is 19.5 Å². The molecule has 3 nitrogen and oxygen atoms in total. The molecule has 1 aliphatic heterocycles. The lowest BCUT2D eigenvalue weighted by molar-refractivity contribution is -0.119. The van der Waals surface area contributed by atoms with Crippen LogP contribution in [0, 0.1) is 0 Å². The molecular weight excluding hydrogens is 128 g/mol. The summed E-state index contributed by atoms with van der Waals surface area (Å²) >= 11 is 0. The van der Waals surface area contributed by atoms with Crippen molar-refractivity contribution >= 4 is 5.78 Å². The van der Waals surface area contributed by atoms with Crippen molar-refractivity contribution < 1.29 is 4.79 Å². The van der Waals surface area contributed by atoms with Gasteiger partial charge in [-0.3, -0.25) is 9.69 Å². The van der Waals surface area contributed by atoms with Gasteiger partial charge in [0.1, 0.15) is 0 Å². The first-order chi connectivity index (χ1) is 4.79. The molecule has 10 heavy (non-hydrogen) atoms. The molecule has 3 heteroatoms. The van der Waals surface area contributed by atoms with E-state index in [9.17, 15) is 4.79 Å². The molecule has 0 aromatic heterocycles. The van der Waals surface area contributed by atoms with E-state index in [1.54, 1.807) is 0 Å². The Bertz CT molecular complexity index is 136. The van der Waals surface area contributed by atoms with Crippen LogP contribution < -0.4 is 5.73 Å². The summed E-state index contributed by atoms with van der Waals surface area (Å²) in [5.41, 5.74) is 5.43. The average Bonchev–Trinajstić information content (AvgIpc) is 2.30. The van der Waals surface area contributed by atoms with Crippen molar-refractivity contribution in [2.45, 2.75) is 19.4 Å². The van der Waals surface area contributed by atoms with Crippen LogP contribution in [0.15, 0.2) is 0 Å². The van der Waals surface area contributed by atoms with E-state index in [1.165, 1.54) is 0 Å². The Hall–Kier alpha value is -0.410. The van der Waals surface area contributed by atoms with E-state index < -0.39 is 0 Å². The SMILES string of the molecule is CCN1CCC(=O)[C@@H]1CN. The van der Waals surface area contributed by atoms with Crippen LogP contribution in [0.1, 0.15) is 13.3 Å². The number of likely N-dealkylation sites (tertiary alicyclic amines) is 1. The Kier molecular flexibility index (Phi) is 2.40. The number of nitrogens with zero attached hydrogens (tertiary/aromatic N) is 1. The van der Waals surface area contributed by atoms with E-state index in [1.807, 2.05) is 0 Å². The maximum absolute atomic E-state index is 11.1. The number of ketones is 1. The Labute approximate surface area is 61.2 Å². The Morgan fingerprint density at radius 3 is 2.90 bits per heavy atom. The standard InChI is InChI=1S/C7H14N2O/c1-2-9-4-3-7(10)6(9)5-8/h6H,2-5,8H2,1H3/t6-/m0/s1. The molecule has 1 rings (SSSR count). The summed E-state index contributed by atoms with van der Waals surface area (Å²) < 4.78 is 0. The number of Topliss-reactive ketones (excluding diaryl/α,β-unsaturated/α-hetero) is 1. The lowest BCUT2D eigenvalue weighted by atomic mass is 10.2. The highest BCUT2D eigenvalue weighted by Crippen LogP contribution is 2.11. The largest absolute Gasteiger partial charge is 0.328 e. The molecule has 0 aromatic carbocycles. The monoisotopic (exact) mass is 142 g/mol. The van der Waals surface area contributed by atoms with Crippen molar-refractivity contribution in [3.05, 3.63) is 0 Å². The smallest absolute Gasteiger partial charge is 0.152 e. The second kappa shape index (κ2) is 3.12. The first kappa shape index (κ1) is 7.69. The van der Waals surface area contributed by atoms with Gasteiger partial charge in [0.05, 0.1) is 6.04 Å². The summed E-state index contributed by atoms with van der Waals surface area (Å²) in [4.78, 5) is 13.2. The Balaban J connectivity index is 2.54. The number of hydrogen-bond donors (Lipinski definition) is 1. The summed E-state index contributed by atoms with van der Waals surface area (Å²) in [5, 5.41) is 0. The molecule has 0 amide bonds. The topological polar surface area (TPSA) is 46.3 Å². The second-order valence-corrected chi connectivity index (χ2v) is 2.60. The molecule has 0 unspecified atom stereocenters. The van der Waals surface area contributed by atoms with E-state index >= 15 is 0 Å². The molecule has 1 fully saturated rings. The molecule has 0 aromatic rings. The molecule has 2 N–H and O–H groups in total. The van der Waals surface area contributed by atoms with Crippen molar-refractivity contribution in [1.82, 2.24) is 4.90 Å². The van der Waals surface area contributed by atoms with Crippen LogP contribution in [0.5, 0.6) is 0 Å². The maximum Gasteiger partial charge on any atom is 0.152 e. The third-order valence-electron chi connectivity index (χ3n) is 2.09. The molecule has 0 saturated carbocycles. The predicted molar refractivity (Wildman–Crippen MR) is 39.7 cm³/mol. The quantitative estimate of drug-likeness (QED) is 0.571. The van der Waals surface area contributed by atoms with Gasteiger partial charge in [-0.25, -0.2) is 0 Å². The summed E-state index contributed by atoms with van der Waals surface area (Å²) in [5.74, 6) is 0.310. The fourth-order valence-corrected chi connectivity index (χ4v) is 1.44. The van der Waals surface area contributed by atoms with Crippen LogP contribution in [0.2, 0.25) is 0 Å². The first-order valence-corrected chi connectivity index (χ1v) is 3.76. The highest BCUT2D eigenvalue weighted by atomic mass is 16.1. The summed E-state index contributed by atoms with van der Waals surface area (Å²) in [6.45, 7) is 4.37. The van der Waals surface area contributed by atoms with Gasteiger partial charge in [0.15, 0.2) is 5.78 Å². The molecule has 0 bridgehead atoms. The van der Waals surface area contributed by atoms with Crippen LogP contribution >= 0.6 is 0 Å². The van der Waals surface area contributed by atoms with E-state index in [0.29, 0.717) is 18.7 Å². The first-order valence-electron chi connectivity index (χ1n) is 3.76. The van der Waals surface area contributed by atoms with Crippen molar-refractivity contribution in [2.24, 2.45) is 5.73 Å². The normalized spacial score (nSPS) is 27.8. The number of nitrogens with two attached hydrogens (primary N) is 1. The van der Waals surface area contributed by atoms with E-state index in [4.69, 9.17) is 5.73 Å². The van der Waals surface area contributed by atoms with Gasteiger partial charge < -0.3 is 5.73 Å². The minimum absolute atomic E-state index is 0.0185. The molecule has 0 aliphatic carbocycles. The summed E-state index contributed by atoms with van der Waals surface area (Å²) in [6.07, 6.45) is 0.690. The van der Waals surface area contributed by atoms with Gasteiger partial charge in [0.2, 0.25) is 0 Å². The van der Waals surface area contributed by atoms with Crippen LogP contribution in [0.4, 0.5) is 0 Å². The molecule has 0 spiro atoms. The third kappa shape index (κ3) is 1.20.